The summed E-state index contributed by atoms with van der Waals surface area (Å²) in [7, 11) is 0. The first-order chi connectivity index (χ1) is 9.58. The van der Waals surface area contributed by atoms with E-state index in [0.717, 1.165) is 31.2 Å². The van der Waals surface area contributed by atoms with E-state index < -0.39 is 5.38 Å². The quantitative estimate of drug-likeness (QED) is 0.766. The molecule has 1 atom stereocenters. The van der Waals surface area contributed by atoms with Crippen molar-refractivity contribution in [2.75, 3.05) is 0 Å². The number of hydrogen-bond donors (Lipinski definition) is 0. The molecule has 1 unspecified atom stereocenters. The van der Waals surface area contributed by atoms with Crippen molar-refractivity contribution in [3.63, 3.8) is 0 Å². The minimum Gasteiger partial charge on any atom is -0.334 e. The van der Waals surface area contributed by atoms with Crippen molar-refractivity contribution in [1.29, 1.82) is 0 Å². The number of carbonyl (C=O) groups is 1. The standard InChI is InChI=1S/C16H21ClFNO/c1-12(17)16(20)19(15-5-3-2-4-6-15)11-13-7-9-14(18)10-8-13/h7-10,12,15H,2-6,11H2,1H3. The SMILES string of the molecule is CC(Cl)C(=O)N(Cc1ccc(F)cc1)C1CCCCC1. The van der Waals surface area contributed by atoms with Crippen LogP contribution in [0.5, 0.6) is 0 Å². The molecular weight excluding hydrogens is 277 g/mol. The first-order valence-electron chi connectivity index (χ1n) is 7.27. The number of alkyl halides is 1. The number of nitrogens with zero attached hydrogens (tertiary/aromatic N) is 1. The van der Waals surface area contributed by atoms with Crippen LogP contribution in [0.1, 0.15) is 44.6 Å². The second-order valence-electron chi connectivity index (χ2n) is 5.50. The fraction of sp³-hybridized carbons (Fsp3) is 0.562. The van der Waals surface area contributed by atoms with Crippen LogP contribution in [-0.4, -0.2) is 22.2 Å². The molecule has 0 radical (unpaired) electrons. The molecule has 2 rings (SSSR count). The molecule has 0 saturated heterocycles. The minimum atomic E-state index is -0.516. The van der Waals surface area contributed by atoms with Gasteiger partial charge in [-0.05, 0) is 37.5 Å². The van der Waals surface area contributed by atoms with E-state index in [0.29, 0.717) is 6.54 Å². The number of benzene rings is 1. The van der Waals surface area contributed by atoms with Crippen LogP contribution < -0.4 is 0 Å². The summed E-state index contributed by atoms with van der Waals surface area (Å²) in [4.78, 5) is 14.2. The predicted octanol–water partition coefficient (Wildman–Crippen LogP) is 4.11. The molecule has 0 heterocycles. The Bertz CT molecular complexity index is 440. The third-order valence-corrected chi connectivity index (χ3v) is 4.09. The number of rotatable bonds is 4. The molecule has 0 N–H and O–H groups in total. The molecule has 1 aromatic carbocycles. The summed E-state index contributed by atoms with van der Waals surface area (Å²) >= 11 is 5.98. The Hall–Kier alpha value is -1.09. The maximum Gasteiger partial charge on any atom is 0.240 e. The van der Waals surface area contributed by atoms with Gasteiger partial charge in [0, 0.05) is 12.6 Å². The Kier molecular flexibility index (Phi) is 5.41. The Morgan fingerprint density at radius 1 is 1.30 bits per heavy atom. The van der Waals surface area contributed by atoms with Gasteiger partial charge in [-0.15, -0.1) is 11.6 Å². The van der Waals surface area contributed by atoms with E-state index >= 15 is 0 Å². The van der Waals surface area contributed by atoms with E-state index in [-0.39, 0.29) is 17.8 Å². The first kappa shape index (κ1) is 15.3. The summed E-state index contributed by atoms with van der Waals surface area (Å²) in [6.45, 7) is 2.23. The van der Waals surface area contributed by atoms with E-state index in [1.165, 1.54) is 18.6 Å². The highest BCUT2D eigenvalue weighted by Crippen LogP contribution is 2.25. The van der Waals surface area contributed by atoms with E-state index in [1.807, 2.05) is 4.90 Å². The van der Waals surface area contributed by atoms with Crippen LogP contribution in [0.3, 0.4) is 0 Å². The largest absolute Gasteiger partial charge is 0.334 e. The molecule has 4 heteroatoms. The van der Waals surface area contributed by atoms with Gasteiger partial charge in [-0.2, -0.15) is 0 Å². The van der Waals surface area contributed by atoms with Crippen LogP contribution in [0.2, 0.25) is 0 Å². The van der Waals surface area contributed by atoms with Crippen molar-refractivity contribution < 1.29 is 9.18 Å². The Balaban J connectivity index is 2.13. The zero-order valence-electron chi connectivity index (χ0n) is 11.8. The molecular formula is C16H21ClFNO. The maximum absolute atomic E-state index is 13.0. The molecule has 1 saturated carbocycles. The van der Waals surface area contributed by atoms with Crippen molar-refractivity contribution >= 4 is 17.5 Å². The number of carbonyl (C=O) groups excluding carboxylic acids is 1. The van der Waals surface area contributed by atoms with Crippen LogP contribution in [0.15, 0.2) is 24.3 Å². The van der Waals surface area contributed by atoms with Gasteiger partial charge in [0.15, 0.2) is 0 Å². The monoisotopic (exact) mass is 297 g/mol. The van der Waals surface area contributed by atoms with E-state index in [4.69, 9.17) is 11.6 Å². The third kappa shape index (κ3) is 3.95. The molecule has 1 aromatic rings. The Morgan fingerprint density at radius 3 is 2.45 bits per heavy atom. The summed E-state index contributed by atoms with van der Waals surface area (Å²) in [6.07, 6.45) is 5.64. The summed E-state index contributed by atoms with van der Waals surface area (Å²) in [5.41, 5.74) is 0.947. The third-order valence-electron chi connectivity index (χ3n) is 3.91. The lowest BCUT2D eigenvalue weighted by Gasteiger charge is -2.35. The lowest BCUT2D eigenvalue weighted by Crippen LogP contribution is -2.43. The molecule has 0 aromatic heterocycles. The highest BCUT2D eigenvalue weighted by molar-refractivity contribution is 6.30. The van der Waals surface area contributed by atoms with E-state index in [2.05, 4.69) is 0 Å². The fourth-order valence-corrected chi connectivity index (χ4v) is 2.92. The Labute approximate surface area is 124 Å². The smallest absolute Gasteiger partial charge is 0.240 e. The van der Waals surface area contributed by atoms with Gasteiger partial charge >= 0.3 is 0 Å². The van der Waals surface area contributed by atoms with Crippen molar-refractivity contribution in [1.82, 2.24) is 4.90 Å². The molecule has 0 aliphatic heterocycles. The van der Waals surface area contributed by atoms with Crippen LogP contribution >= 0.6 is 11.6 Å². The fourth-order valence-electron chi connectivity index (χ4n) is 2.79. The van der Waals surface area contributed by atoms with Crippen molar-refractivity contribution in [2.45, 2.75) is 57.0 Å². The molecule has 1 aliphatic carbocycles. The first-order valence-corrected chi connectivity index (χ1v) is 7.70. The van der Waals surface area contributed by atoms with Gasteiger partial charge in [0.05, 0.1) is 0 Å². The average Bonchev–Trinajstić information content (AvgIpc) is 2.47. The van der Waals surface area contributed by atoms with Crippen LogP contribution in [0.25, 0.3) is 0 Å². The average molecular weight is 298 g/mol. The highest BCUT2D eigenvalue weighted by atomic mass is 35.5. The molecule has 0 spiro atoms. The minimum absolute atomic E-state index is 0.0251. The summed E-state index contributed by atoms with van der Waals surface area (Å²) in [5, 5.41) is -0.516. The van der Waals surface area contributed by atoms with E-state index in [1.54, 1.807) is 19.1 Å². The van der Waals surface area contributed by atoms with Gasteiger partial charge in [0.2, 0.25) is 5.91 Å². The van der Waals surface area contributed by atoms with Crippen molar-refractivity contribution in [2.24, 2.45) is 0 Å². The molecule has 1 amide bonds. The lowest BCUT2D eigenvalue weighted by molar-refractivity contribution is -0.134. The normalized spacial score (nSPS) is 17.8. The molecule has 20 heavy (non-hydrogen) atoms. The molecule has 1 aliphatic rings. The predicted molar refractivity (Wildman–Crippen MR) is 79.1 cm³/mol. The molecule has 2 nitrogen and oxygen atoms in total. The topological polar surface area (TPSA) is 20.3 Å². The zero-order chi connectivity index (χ0) is 14.5. The number of hydrogen-bond acceptors (Lipinski definition) is 1. The Morgan fingerprint density at radius 2 is 1.90 bits per heavy atom. The van der Waals surface area contributed by atoms with Gasteiger partial charge in [-0.1, -0.05) is 31.4 Å². The molecule has 1 fully saturated rings. The highest BCUT2D eigenvalue weighted by Gasteiger charge is 2.27. The summed E-state index contributed by atoms with van der Waals surface area (Å²) in [6, 6.07) is 6.60. The number of halogens is 2. The van der Waals surface area contributed by atoms with Crippen molar-refractivity contribution in [3.8, 4) is 0 Å². The van der Waals surface area contributed by atoms with Gasteiger partial charge in [-0.25, -0.2) is 4.39 Å². The van der Waals surface area contributed by atoms with Gasteiger partial charge in [-0.3, -0.25) is 4.79 Å². The number of amides is 1. The summed E-state index contributed by atoms with van der Waals surface area (Å²) < 4.78 is 13.0. The zero-order valence-corrected chi connectivity index (χ0v) is 12.6. The molecule has 0 bridgehead atoms. The maximum atomic E-state index is 13.0. The summed E-state index contributed by atoms with van der Waals surface area (Å²) in [5.74, 6) is -0.280. The van der Waals surface area contributed by atoms with Crippen LogP contribution in [-0.2, 0) is 11.3 Å². The lowest BCUT2D eigenvalue weighted by atomic mass is 9.93. The van der Waals surface area contributed by atoms with E-state index in [9.17, 15) is 9.18 Å². The van der Waals surface area contributed by atoms with Gasteiger partial charge < -0.3 is 4.90 Å². The molecule has 110 valence electrons. The second-order valence-corrected chi connectivity index (χ2v) is 6.16. The second kappa shape index (κ2) is 7.07. The van der Waals surface area contributed by atoms with Crippen LogP contribution in [0.4, 0.5) is 4.39 Å². The van der Waals surface area contributed by atoms with Crippen molar-refractivity contribution in [3.05, 3.63) is 35.6 Å². The van der Waals surface area contributed by atoms with Gasteiger partial charge in [0.1, 0.15) is 11.2 Å². The van der Waals surface area contributed by atoms with Crippen LogP contribution in [0, 0.1) is 5.82 Å². The van der Waals surface area contributed by atoms with Gasteiger partial charge in [0.25, 0.3) is 0 Å².